The van der Waals surface area contributed by atoms with Crippen molar-refractivity contribution in [2.45, 2.75) is 13.5 Å². The molecule has 0 unspecified atom stereocenters. The van der Waals surface area contributed by atoms with Crippen LogP contribution in [0.4, 0.5) is 0 Å². The number of rotatable bonds is 3. The first-order chi connectivity index (χ1) is 9.97. The van der Waals surface area contributed by atoms with Crippen molar-refractivity contribution in [1.29, 1.82) is 0 Å². The third-order valence-corrected chi connectivity index (χ3v) is 4.09. The predicted octanol–water partition coefficient (Wildman–Crippen LogP) is 0.842. The Labute approximate surface area is 127 Å². The standard InChI is InChI=1S/C16H26N4O/c1-13-6-5-7-17-15(13)12-20-9-8-19(4)10-14(11-20)16(21)18(2)3/h5-7,14H,8-12H2,1-4H3/t14-/m0/s1. The maximum Gasteiger partial charge on any atom is 0.227 e. The first-order valence-electron chi connectivity index (χ1n) is 7.50. The Morgan fingerprint density at radius 2 is 2.14 bits per heavy atom. The highest BCUT2D eigenvalue weighted by atomic mass is 16.2. The Morgan fingerprint density at radius 3 is 2.81 bits per heavy atom. The zero-order valence-corrected chi connectivity index (χ0v) is 13.5. The Hall–Kier alpha value is -1.46. The lowest BCUT2D eigenvalue weighted by molar-refractivity contribution is -0.133. The molecule has 1 aromatic heterocycles. The van der Waals surface area contributed by atoms with Gasteiger partial charge in [-0.3, -0.25) is 14.7 Å². The fraction of sp³-hybridized carbons (Fsp3) is 0.625. The van der Waals surface area contributed by atoms with Gasteiger partial charge in [0, 0.05) is 53.0 Å². The minimum atomic E-state index is 0.0384. The summed E-state index contributed by atoms with van der Waals surface area (Å²) in [7, 11) is 5.76. The molecule has 1 saturated heterocycles. The first kappa shape index (κ1) is 15.9. The average molecular weight is 290 g/mol. The van der Waals surface area contributed by atoms with E-state index in [0.717, 1.165) is 38.4 Å². The summed E-state index contributed by atoms with van der Waals surface area (Å²) in [5.41, 5.74) is 2.32. The summed E-state index contributed by atoms with van der Waals surface area (Å²) in [5.74, 6) is 0.253. The zero-order chi connectivity index (χ0) is 15.4. The molecule has 1 aliphatic rings. The van der Waals surface area contributed by atoms with Crippen LogP contribution in [0, 0.1) is 12.8 Å². The van der Waals surface area contributed by atoms with Crippen molar-refractivity contribution in [3.8, 4) is 0 Å². The van der Waals surface area contributed by atoms with Crippen molar-refractivity contribution in [1.82, 2.24) is 19.7 Å². The zero-order valence-electron chi connectivity index (χ0n) is 13.5. The number of amides is 1. The molecule has 5 heteroatoms. The van der Waals surface area contributed by atoms with Gasteiger partial charge in [0.1, 0.15) is 0 Å². The van der Waals surface area contributed by atoms with E-state index in [4.69, 9.17) is 0 Å². The second-order valence-electron chi connectivity index (χ2n) is 6.19. The minimum absolute atomic E-state index is 0.0384. The van der Waals surface area contributed by atoms with Gasteiger partial charge in [0.05, 0.1) is 11.6 Å². The van der Waals surface area contributed by atoms with E-state index in [0.29, 0.717) is 0 Å². The van der Waals surface area contributed by atoms with E-state index in [1.807, 2.05) is 26.4 Å². The maximum atomic E-state index is 12.3. The lowest BCUT2D eigenvalue weighted by Crippen LogP contribution is -2.40. The number of aryl methyl sites for hydroxylation is 1. The van der Waals surface area contributed by atoms with Crippen LogP contribution in [0.5, 0.6) is 0 Å². The monoisotopic (exact) mass is 290 g/mol. The molecule has 1 aromatic rings. The van der Waals surface area contributed by atoms with E-state index < -0.39 is 0 Å². The molecule has 0 saturated carbocycles. The molecule has 2 heterocycles. The second kappa shape index (κ2) is 7.00. The maximum absolute atomic E-state index is 12.3. The SMILES string of the molecule is Cc1cccnc1CN1CCN(C)C[C@H](C(=O)N(C)C)C1. The van der Waals surface area contributed by atoms with Crippen molar-refractivity contribution in [3.05, 3.63) is 29.6 Å². The van der Waals surface area contributed by atoms with E-state index in [2.05, 4.69) is 34.8 Å². The molecule has 0 aromatic carbocycles. The molecule has 2 rings (SSSR count). The molecule has 1 amide bonds. The number of hydrogen-bond acceptors (Lipinski definition) is 4. The number of carbonyl (C=O) groups is 1. The second-order valence-corrected chi connectivity index (χ2v) is 6.19. The molecule has 0 spiro atoms. The van der Waals surface area contributed by atoms with Gasteiger partial charge in [0.25, 0.3) is 0 Å². The molecule has 1 aliphatic heterocycles. The highest BCUT2D eigenvalue weighted by Gasteiger charge is 2.27. The predicted molar refractivity (Wildman–Crippen MR) is 83.9 cm³/mol. The van der Waals surface area contributed by atoms with Crippen molar-refractivity contribution in [2.24, 2.45) is 5.92 Å². The summed E-state index contributed by atoms with van der Waals surface area (Å²) >= 11 is 0. The molecule has 116 valence electrons. The topological polar surface area (TPSA) is 39.7 Å². The normalized spacial score (nSPS) is 21.0. The van der Waals surface area contributed by atoms with E-state index in [-0.39, 0.29) is 11.8 Å². The molecule has 0 N–H and O–H groups in total. The lowest BCUT2D eigenvalue weighted by atomic mass is 10.1. The Kier molecular flexibility index (Phi) is 5.31. The molecule has 0 aliphatic carbocycles. The Balaban J connectivity index is 2.09. The average Bonchev–Trinajstić information content (AvgIpc) is 2.62. The fourth-order valence-corrected chi connectivity index (χ4v) is 2.80. The van der Waals surface area contributed by atoms with Crippen LogP contribution in [0.15, 0.2) is 18.3 Å². The summed E-state index contributed by atoms with van der Waals surface area (Å²) in [6.07, 6.45) is 1.84. The highest BCUT2D eigenvalue weighted by Crippen LogP contribution is 2.14. The van der Waals surface area contributed by atoms with Crippen molar-refractivity contribution >= 4 is 5.91 Å². The van der Waals surface area contributed by atoms with Crippen LogP contribution in [-0.2, 0) is 11.3 Å². The van der Waals surface area contributed by atoms with Crippen LogP contribution in [0.25, 0.3) is 0 Å². The van der Waals surface area contributed by atoms with Crippen LogP contribution < -0.4 is 0 Å². The Morgan fingerprint density at radius 1 is 1.38 bits per heavy atom. The molecule has 1 atom stereocenters. The van der Waals surface area contributed by atoms with Gasteiger partial charge in [-0.2, -0.15) is 0 Å². The first-order valence-corrected chi connectivity index (χ1v) is 7.50. The third-order valence-electron chi connectivity index (χ3n) is 4.09. The smallest absolute Gasteiger partial charge is 0.227 e. The van der Waals surface area contributed by atoms with Crippen LogP contribution in [0.2, 0.25) is 0 Å². The molecular weight excluding hydrogens is 264 g/mol. The highest BCUT2D eigenvalue weighted by molar-refractivity contribution is 5.78. The van der Waals surface area contributed by atoms with Gasteiger partial charge < -0.3 is 9.80 Å². The van der Waals surface area contributed by atoms with E-state index in [9.17, 15) is 4.79 Å². The van der Waals surface area contributed by atoms with Crippen molar-refractivity contribution < 1.29 is 4.79 Å². The van der Waals surface area contributed by atoms with E-state index in [1.54, 1.807) is 4.90 Å². The van der Waals surface area contributed by atoms with Crippen molar-refractivity contribution in [3.63, 3.8) is 0 Å². The summed E-state index contributed by atoms with van der Waals surface area (Å²) in [4.78, 5) is 23.1. The van der Waals surface area contributed by atoms with Gasteiger partial charge in [-0.25, -0.2) is 0 Å². The number of pyridine rings is 1. The number of hydrogen-bond donors (Lipinski definition) is 0. The summed E-state index contributed by atoms with van der Waals surface area (Å²) in [5, 5.41) is 0. The van der Waals surface area contributed by atoms with Gasteiger partial charge in [0.15, 0.2) is 0 Å². The minimum Gasteiger partial charge on any atom is -0.348 e. The largest absolute Gasteiger partial charge is 0.348 e. The molecule has 5 nitrogen and oxygen atoms in total. The van der Waals surface area contributed by atoms with Crippen LogP contribution in [-0.4, -0.2) is 72.9 Å². The van der Waals surface area contributed by atoms with Gasteiger partial charge in [-0.05, 0) is 25.6 Å². The van der Waals surface area contributed by atoms with E-state index in [1.165, 1.54) is 5.56 Å². The summed E-state index contributed by atoms with van der Waals surface area (Å²) in [6.45, 7) is 6.51. The van der Waals surface area contributed by atoms with Crippen LogP contribution >= 0.6 is 0 Å². The number of likely N-dealkylation sites (N-methyl/N-ethyl adjacent to an activating group) is 1. The van der Waals surface area contributed by atoms with Gasteiger partial charge in [0.2, 0.25) is 5.91 Å². The van der Waals surface area contributed by atoms with Gasteiger partial charge >= 0.3 is 0 Å². The number of nitrogens with zero attached hydrogens (tertiary/aromatic N) is 4. The van der Waals surface area contributed by atoms with Gasteiger partial charge in [-0.15, -0.1) is 0 Å². The molecule has 1 fully saturated rings. The van der Waals surface area contributed by atoms with Crippen LogP contribution in [0.3, 0.4) is 0 Å². The van der Waals surface area contributed by atoms with E-state index >= 15 is 0 Å². The molecule has 0 bridgehead atoms. The molecule has 21 heavy (non-hydrogen) atoms. The number of carbonyl (C=O) groups excluding carboxylic acids is 1. The van der Waals surface area contributed by atoms with Gasteiger partial charge in [-0.1, -0.05) is 6.07 Å². The van der Waals surface area contributed by atoms with Crippen molar-refractivity contribution in [2.75, 3.05) is 47.3 Å². The molecular formula is C16H26N4O. The summed E-state index contributed by atoms with van der Waals surface area (Å²) in [6, 6.07) is 4.06. The fourth-order valence-electron chi connectivity index (χ4n) is 2.80. The lowest BCUT2D eigenvalue weighted by Gasteiger charge is -2.25. The Bertz CT molecular complexity index is 489. The summed E-state index contributed by atoms with van der Waals surface area (Å²) < 4.78 is 0. The third kappa shape index (κ3) is 4.25. The molecule has 0 radical (unpaired) electrons. The quantitative estimate of drug-likeness (QED) is 0.827. The number of aromatic nitrogens is 1. The van der Waals surface area contributed by atoms with Crippen LogP contribution in [0.1, 0.15) is 11.3 Å².